The first-order valence-corrected chi connectivity index (χ1v) is 7.08. The molecule has 0 saturated heterocycles. The second kappa shape index (κ2) is 6.59. The Morgan fingerprint density at radius 2 is 2.16 bits per heavy atom. The zero-order valence-electron chi connectivity index (χ0n) is 11.0. The highest BCUT2D eigenvalue weighted by molar-refractivity contribution is 7.98. The van der Waals surface area contributed by atoms with Crippen LogP contribution >= 0.6 is 11.8 Å². The number of benzene rings is 1. The number of aromatic nitrogens is 1. The molecular formula is C15H17NO2S. The average molecular weight is 275 g/mol. The van der Waals surface area contributed by atoms with Crippen LogP contribution in [0.2, 0.25) is 0 Å². The van der Waals surface area contributed by atoms with E-state index in [9.17, 15) is 5.11 Å². The number of aliphatic hydroxyl groups is 1. The highest BCUT2D eigenvalue weighted by Gasteiger charge is 2.06. The minimum absolute atomic E-state index is 0.437. The van der Waals surface area contributed by atoms with Gasteiger partial charge in [-0.1, -0.05) is 18.2 Å². The van der Waals surface area contributed by atoms with Gasteiger partial charge in [0.2, 0.25) is 5.88 Å². The van der Waals surface area contributed by atoms with E-state index in [2.05, 4.69) is 4.98 Å². The Hall–Kier alpha value is -1.52. The van der Waals surface area contributed by atoms with E-state index < -0.39 is 6.10 Å². The number of hydrogen-bond donors (Lipinski definition) is 1. The molecule has 2 aromatic rings. The van der Waals surface area contributed by atoms with Crippen LogP contribution in [0.4, 0.5) is 0 Å². The number of methoxy groups -OCH3 is 1. The number of thioether (sulfide) groups is 1. The predicted molar refractivity (Wildman–Crippen MR) is 77.4 cm³/mol. The molecule has 1 aromatic carbocycles. The Morgan fingerprint density at radius 1 is 1.32 bits per heavy atom. The lowest BCUT2D eigenvalue weighted by Crippen LogP contribution is -1.93. The van der Waals surface area contributed by atoms with Crippen LogP contribution < -0.4 is 4.74 Å². The molecule has 0 aliphatic rings. The van der Waals surface area contributed by atoms with Crippen molar-refractivity contribution < 1.29 is 9.84 Å². The molecule has 0 saturated carbocycles. The zero-order valence-corrected chi connectivity index (χ0v) is 11.9. The minimum atomic E-state index is -0.437. The summed E-state index contributed by atoms with van der Waals surface area (Å²) in [6.07, 6.45) is 1.29. The predicted octanol–water partition coefficient (Wildman–Crippen LogP) is 3.44. The molecule has 3 nitrogen and oxygen atoms in total. The summed E-state index contributed by atoms with van der Waals surface area (Å²) in [5, 5.41) is 9.58. The van der Waals surface area contributed by atoms with Crippen LogP contribution in [0, 0.1) is 0 Å². The molecule has 0 bridgehead atoms. The van der Waals surface area contributed by atoms with Gasteiger partial charge in [-0.3, -0.25) is 0 Å². The number of rotatable bonds is 5. The first-order chi connectivity index (χ1) is 9.20. The Bertz CT molecular complexity index is 543. The fourth-order valence-corrected chi connectivity index (χ4v) is 2.68. The van der Waals surface area contributed by atoms with Crippen molar-refractivity contribution in [1.29, 1.82) is 0 Å². The number of hydrogen-bond acceptors (Lipinski definition) is 4. The third kappa shape index (κ3) is 3.72. The monoisotopic (exact) mass is 275 g/mol. The van der Waals surface area contributed by atoms with Gasteiger partial charge in [0.1, 0.15) is 0 Å². The molecule has 1 aromatic heterocycles. The zero-order chi connectivity index (χ0) is 13.7. The van der Waals surface area contributed by atoms with E-state index in [0.717, 1.165) is 21.8 Å². The van der Waals surface area contributed by atoms with Gasteiger partial charge in [-0.05, 0) is 30.7 Å². The summed E-state index contributed by atoms with van der Waals surface area (Å²) in [4.78, 5) is 5.31. The molecule has 4 heteroatoms. The van der Waals surface area contributed by atoms with Crippen LogP contribution in [0.25, 0.3) is 0 Å². The molecule has 0 radical (unpaired) electrons. The molecule has 0 amide bonds. The Kier molecular flexibility index (Phi) is 4.82. The van der Waals surface area contributed by atoms with E-state index in [4.69, 9.17) is 4.74 Å². The molecule has 0 aliphatic carbocycles. The number of pyridine rings is 1. The van der Waals surface area contributed by atoms with Gasteiger partial charge in [-0.15, -0.1) is 11.8 Å². The fourth-order valence-electron chi connectivity index (χ4n) is 1.74. The van der Waals surface area contributed by atoms with Crippen molar-refractivity contribution in [3.8, 4) is 5.88 Å². The highest BCUT2D eigenvalue weighted by Crippen LogP contribution is 2.28. The molecule has 0 aliphatic heterocycles. The Balaban J connectivity index is 2.08. The van der Waals surface area contributed by atoms with Crippen molar-refractivity contribution in [2.75, 3.05) is 7.11 Å². The summed E-state index contributed by atoms with van der Waals surface area (Å²) >= 11 is 1.70. The second-order valence-electron chi connectivity index (χ2n) is 4.21. The molecule has 0 spiro atoms. The van der Waals surface area contributed by atoms with Crippen molar-refractivity contribution in [2.45, 2.75) is 23.7 Å². The molecular weight excluding hydrogens is 258 g/mol. The van der Waals surface area contributed by atoms with Crippen LogP contribution in [0.1, 0.15) is 24.2 Å². The SMILES string of the molecule is COc1ncccc1CSc1cccc(C(C)O)c1. The van der Waals surface area contributed by atoms with Crippen molar-refractivity contribution >= 4 is 11.8 Å². The largest absolute Gasteiger partial charge is 0.481 e. The van der Waals surface area contributed by atoms with Gasteiger partial charge in [-0.2, -0.15) is 0 Å². The summed E-state index contributed by atoms with van der Waals surface area (Å²) in [5.74, 6) is 1.46. The van der Waals surface area contributed by atoms with Gasteiger partial charge in [0.25, 0.3) is 0 Å². The highest BCUT2D eigenvalue weighted by atomic mass is 32.2. The summed E-state index contributed by atoms with van der Waals surface area (Å²) < 4.78 is 5.23. The molecule has 1 atom stereocenters. The van der Waals surface area contributed by atoms with Crippen LogP contribution in [0.15, 0.2) is 47.5 Å². The van der Waals surface area contributed by atoms with Gasteiger partial charge >= 0.3 is 0 Å². The van der Waals surface area contributed by atoms with E-state index in [1.165, 1.54) is 0 Å². The van der Waals surface area contributed by atoms with Gasteiger partial charge in [0.05, 0.1) is 13.2 Å². The molecule has 2 rings (SSSR count). The van der Waals surface area contributed by atoms with E-state index >= 15 is 0 Å². The van der Waals surface area contributed by atoms with Crippen molar-refractivity contribution in [3.63, 3.8) is 0 Å². The first kappa shape index (κ1) is 13.9. The molecule has 1 N–H and O–H groups in total. The topological polar surface area (TPSA) is 42.4 Å². The number of ether oxygens (including phenoxy) is 1. The Morgan fingerprint density at radius 3 is 2.89 bits per heavy atom. The van der Waals surface area contributed by atoms with Gasteiger partial charge in [0.15, 0.2) is 0 Å². The lowest BCUT2D eigenvalue weighted by molar-refractivity contribution is 0.199. The minimum Gasteiger partial charge on any atom is -0.481 e. The lowest BCUT2D eigenvalue weighted by Gasteiger charge is -2.09. The maximum absolute atomic E-state index is 9.58. The summed E-state index contributed by atoms with van der Waals surface area (Å²) in [6, 6.07) is 11.9. The van der Waals surface area contributed by atoms with Crippen molar-refractivity contribution in [1.82, 2.24) is 4.98 Å². The lowest BCUT2D eigenvalue weighted by atomic mass is 10.1. The smallest absolute Gasteiger partial charge is 0.217 e. The maximum Gasteiger partial charge on any atom is 0.217 e. The summed E-state index contributed by atoms with van der Waals surface area (Å²) in [5.41, 5.74) is 2.00. The molecule has 1 heterocycles. The third-order valence-corrected chi connectivity index (χ3v) is 3.82. The summed E-state index contributed by atoms with van der Waals surface area (Å²) in [7, 11) is 1.63. The van der Waals surface area contributed by atoms with E-state index in [1.807, 2.05) is 36.4 Å². The maximum atomic E-state index is 9.58. The molecule has 19 heavy (non-hydrogen) atoms. The van der Waals surface area contributed by atoms with Crippen LogP contribution in [0.5, 0.6) is 5.88 Å². The van der Waals surface area contributed by atoms with Gasteiger partial charge in [0, 0.05) is 22.4 Å². The Labute approximate surface area is 117 Å². The third-order valence-electron chi connectivity index (χ3n) is 2.78. The molecule has 1 unspecified atom stereocenters. The molecule has 100 valence electrons. The van der Waals surface area contributed by atoms with E-state index in [1.54, 1.807) is 32.0 Å². The molecule has 0 fully saturated rings. The normalized spacial score (nSPS) is 12.2. The van der Waals surface area contributed by atoms with E-state index in [-0.39, 0.29) is 0 Å². The van der Waals surface area contributed by atoms with E-state index in [0.29, 0.717) is 5.88 Å². The van der Waals surface area contributed by atoms with Crippen LogP contribution in [-0.4, -0.2) is 17.2 Å². The summed E-state index contributed by atoms with van der Waals surface area (Å²) in [6.45, 7) is 1.77. The number of nitrogens with zero attached hydrogens (tertiary/aromatic N) is 1. The quantitative estimate of drug-likeness (QED) is 0.849. The first-order valence-electron chi connectivity index (χ1n) is 6.09. The van der Waals surface area contributed by atoms with Crippen molar-refractivity contribution in [3.05, 3.63) is 53.7 Å². The van der Waals surface area contributed by atoms with Gasteiger partial charge in [-0.25, -0.2) is 4.98 Å². The standard InChI is InChI=1S/C15H17NO2S/c1-11(17)12-5-3-7-14(9-12)19-10-13-6-4-8-16-15(13)18-2/h3-9,11,17H,10H2,1-2H3. The number of aliphatic hydroxyl groups excluding tert-OH is 1. The fraction of sp³-hybridized carbons (Fsp3) is 0.267. The average Bonchev–Trinajstić information content (AvgIpc) is 2.45. The van der Waals surface area contributed by atoms with Crippen LogP contribution in [-0.2, 0) is 5.75 Å². The van der Waals surface area contributed by atoms with Crippen molar-refractivity contribution in [2.24, 2.45) is 0 Å². The van der Waals surface area contributed by atoms with Crippen LogP contribution in [0.3, 0.4) is 0 Å². The second-order valence-corrected chi connectivity index (χ2v) is 5.26. The van der Waals surface area contributed by atoms with Gasteiger partial charge < -0.3 is 9.84 Å².